The predicted octanol–water partition coefficient (Wildman–Crippen LogP) is 2.90. The fourth-order valence-electron chi connectivity index (χ4n) is 1.44. The number of anilines is 1. The van der Waals surface area contributed by atoms with Crippen molar-refractivity contribution in [1.29, 1.82) is 0 Å². The second kappa shape index (κ2) is 4.24. The van der Waals surface area contributed by atoms with Crippen LogP contribution in [-0.4, -0.2) is 11.4 Å². The highest BCUT2D eigenvalue weighted by atomic mass is 79.9. The molecule has 1 aliphatic rings. The van der Waals surface area contributed by atoms with E-state index in [0.717, 1.165) is 6.07 Å². The molecule has 1 amide bonds. The third-order valence-electron chi connectivity index (χ3n) is 2.77. The topological polar surface area (TPSA) is 55.1 Å². The summed E-state index contributed by atoms with van der Waals surface area (Å²) in [4.78, 5) is 11.6. The van der Waals surface area contributed by atoms with Gasteiger partial charge in [-0.15, -0.1) is 0 Å². The Balaban J connectivity index is 2.22. The molecule has 1 saturated carbocycles. The molecule has 3 nitrogen and oxygen atoms in total. The monoisotopic (exact) mass is 322 g/mol. The molecule has 0 radical (unpaired) electrons. The summed E-state index contributed by atoms with van der Waals surface area (Å²) in [6, 6.07) is 3.52. The normalized spacial score (nSPS) is 17.4. The van der Waals surface area contributed by atoms with E-state index in [0.29, 0.717) is 12.8 Å². The van der Waals surface area contributed by atoms with Gasteiger partial charge in [-0.25, -0.2) is 0 Å². The second-order valence-corrected chi connectivity index (χ2v) is 5.16. The summed E-state index contributed by atoms with van der Waals surface area (Å²) >= 11 is 2.83. The number of nitrogens with two attached hydrogens (primary N) is 1. The molecule has 0 atom stereocenters. The molecule has 1 aromatic rings. The molecule has 0 heterocycles. The number of hydrogen-bond acceptors (Lipinski definition) is 2. The van der Waals surface area contributed by atoms with E-state index < -0.39 is 23.2 Å². The molecule has 1 fully saturated rings. The smallest absolute Gasteiger partial charge is 0.324 e. The van der Waals surface area contributed by atoms with Gasteiger partial charge in [0, 0.05) is 10.2 Å². The van der Waals surface area contributed by atoms with Crippen LogP contribution in [0.5, 0.6) is 0 Å². The van der Waals surface area contributed by atoms with E-state index in [1.165, 1.54) is 12.1 Å². The van der Waals surface area contributed by atoms with Crippen molar-refractivity contribution in [3.8, 4) is 0 Å². The number of carbonyl (C=O) groups excluding carboxylic acids is 1. The maximum absolute atomic E-state index is 12.6. The summed E-state index contributed by atoms with van der Waals surface area (Å²) in [5, 5.41) is 2.40. The lowest BCUT2D eigenvalue weighted by Gasteiger charge is -2.13. The van der Waals surface area contributed by atoms with Crippen LogP contribution < -0.4 is 11.1 Å². The first-order chi connectivity index (χ1) is 8.22. The average molecular weight is 323 g/mol. The van der Waals surface area contributed by atoms with Gasteiger partial charge in [-0.05, 0) is 31.0 Å². The number of carbonyl (C=O) groups is 1. The maximum atomic E-state index is 12.6. The summed E-state index contributed by atoms with van der Waals surface area (Å²) in [6.07, 6.45) is -3.36. The number of nitrogens with one attached hydrogen (secondary N) is 1. The standard InChI is InChI=1S/C11H10BrF3N2O/c12-8-2-1-6(5-7(8)11(13,14)15)17-9(18)10(16)3-4-10/h1-2,5H,3-4,16H2,(H,17,18). The van der Waals surface area contributed by atoms with Crippen molar-refractivity contribution in [2.24, 2.45) is 5.73 Å². The summed E-state index contributed by atoms with van der Waals surface area (Å²) in [7, 11) is 0. The fourth-order valence-corrected chi connectivity index (χ4v) is 1.91. The third-order valence-corrected chi connectivity index (χ3v) is 3.46. The van der Waals surface area contributed by atoms with Gasteiger partial charge in [0.2, 0.25) is 5.91 Å². The van der Waals surface area contributed by atoms with Crippen molar-refractivity contribution in [2.45, 2.75) is 24.6 Å². The Bertz CT molecular complexity index is 498. The minimum Gasteiger partial charge on any atom is -0.324 e. The van der Waals surface area contributed by atoms with Crippen LogP contribution in [0.25, 0.3) is 0 Å². The highest BCUT2D eigenvalue weighted by molar-refractivity contribution is 9.10. The van der Waals surface area contributed by atoms with Crippen molar-refractivity contribution in [2.75, 3.05) is 5.32 Å². The van der Waals surface area contributed by atoms with Crippen LogP contribution in [0.4, 0.5) is 18.9 Å². The molecular weight excluding hydrogens is 313 g/mol. The Kier molecular flexibility index (Phi) is 3.14. The van der Waals surface area contributed by atoms with E-state index in [4.69, 9.17) is 5.73 Å². The minimum absolute atomic E-state index is 0.0677. The van der Waals surface area contributed by atoms with Gasteiger partial charge in [-0.2, -0.15) is 13.2 Å². The Labute approximate surface area is 110 Å². The van der Waals surface area contributed by atoms with Crippen LogP contribution in [0.15, 0.2) is 22.7 Å². The highest BCUT2D eigenvalue weighted by Crippen LogP contribution is 2.37. The average Bonchev–Trinajstić information content (AvgIpc) is 2.99. The van der Waals surface area contributed by atoms with Gasteiger partial charge in [0.15, 0.2) is 0 Å². The SMILES string of the molecule is NC1(C(=O)Nc2ccc(Br)c(C(F)(F)F)c2)CC1. The molecule has 1 aliphatic carbocycles. The van der Waals surface area contributed by atoms with Crippen LogP contribution in [0.3, 0.4) is 0 Å². The van der Waals surface area contributed by atoms with Crippen molar-refractivity contribution < 1.29 is 18.0 Å². The van der Waals surface area contributed by atoms with E-state index in [1.807, 2.05) is 0 Å². The Morgan fingerprint density at radius 2 is 2.00 bits per heavy atom. The third kappa shape index (κ3) is 2.67. The van der Waals surface area contributed by atoms with E-state index in [1.54, 1.807) is 0 Å². The van der Waals surface area contributed by atoms with Crippen molar-refractivity contribution in [3.63, 3.8) is 0 Å². The van der Waals surface area contributed by atoms with Crippen LogP contribution in [0, 0.1) is 0 Å². The molecule has 98 valence electrons. The molecule has 18 heavy (non-hydrogen) atoms. The summed E-state index contributed by atoms with van der Waals surface area (Å²) in [5.74, 6) is -0.446. The van der Waals surface area contributed by atoms with Crippen LogP contribution in [0.2, 0.25) is 0 Å². The zero-order valence-corrected chi connectivity index (χ0v) is 10.7. The zero-order valence-electron chi connectivity index (χ0n) is 9.14. The molecule has 0 spiro atoms. The summed E-state index contributed by atoms with van der Waals surface area (Å²) < 4.78 is 37.9. The number of benzene rings is 1. The lowest BCUT2D eigenvalue weighted by atomic mass is 10.2. The van der Waals surface area contributed by atoms with Gasteiger partial charge in [0.1, 0.15) is 0 Å². The van der Waals surface area contributed by atoms with Gasteiger partial charge in [-0.1, -0.05) is 15.9 Å². The van der Waals surface area contributed by atoms with Crippen LogP contribution in [0.1, 0.15) is 18.4 Å². The molecule has 0 saturated heterocycles. The molecule has 7 heteroatoms. The maximum Gasteiger partial charge on any atom is 0.417 e. The lowest BCUT2D eigenvalue weighted by Crippen LogP contribution is -2.37. The number of halogens is 4. The van der Waals surface area contributed by atoms with E-state index in [-0.39, 0.29) is 10.2 Å². The Hall–Kier alpha value is -1.08. The van der Waals surface area contributed by atoms with Crippen molar-refractivity contribution >= 4 is 27.5 Å². The summed E-state index contributed by atoms with van der Waals surface area (Å²) in [6.45, 7) is 0. The van der Waals surface area contributed by atoms with E-state index >= 15 is 0 Å². The lowest BCUT2D eigenvalue weighted by molar-refractivity contribution is -0.138. The zero-order chi connectivity index (χ0) is 13.6. The summed E-state index contributed by atoms with van der Waals surface area (Å²) in [5.41, 5.74) is 4.00. The number of hydrogen-bond donors (Lipinski definition) is 2. The second-order valence-electron chi connectivity index (χ2n) is 4.30. The Morgan fingerprint density at radius 3 is 2.50 bits per heavy atom. The first-order valence-electron chi connectivity index (χ1n) is 5.19. The number of amides is 1. The van der Waals surface area contributed by atoms with Gasteiger partial charge >= 0.3 is 6.18 Å². The molecule has 0 unspecified atom stereocenters. The number of alkyl halides is 3. The first-order valence-corrected chi connectivity index (χ1v) is 5.99. The molecule has 3 N–H and O–H groups in total. The Morgan fingerprint density at radius 1 is 1.39 bits per heavy atom. The molecule has 1 aromatic carbocycles. The van der Waals surface area contributed by atoms with Gasteiger partial charge < -0.3 is 11.1 Å². The number of rotatable bonds is 2. The van der Waals surface area contributed by atoms with Crippen LogP contribution >= 0.6 is 15.9 Å². The van der Waals surface area contributed by atoms with Crippen molar-refractivity contribution in [3.05, 3.63) is 28.2 Å². The molecule has 0 aliphatic heterocycles. The van der Waals surface area contributed by atoms with E-state index in [9.17, 15) is 18.0 Å². The van der Waals surface area contributed by atoms with Crippen molar-refractivity contribution in [1.82, 2.24) is 0 Å². The van der Waals surface area contributed by atoms with Gasteiger partial charge in [0.05, 0.1) is 11.1 Å². The molecule has 0 bridgehead atoms. The quantitative estimate of drug-likeness (QED) is 0.879. The largest absolute Gasteiger partial charge is 0.417 e. The molecule has 0 aromatic heterocycles. The van der Waals surface area contributed by atoms with Gasteiger partial charge in [-0.3, -0.25) is 4.79 Å². The van der Waals surface area contributed by atoms with Crippen LogP contribution in [-0.2, 0) is 11.0 Å². The minimum atomic E-state index is -4.47. The predicted molar refractivity (Wildman–Crippen MR) is 63.9 cm³/mol. The molecule has 2 rings (SSSR count). The van der Waals surface area contributed by atoms with E-state index in [2.05, 4.69) is 21.2 Å². The van der Waals surface area contributed by atoms with Gasteiger partial charge in [0.25, 0.3) is 0 Å². The molecular formula is C11H10BrF3N2O. The fraction of sp³-hybridized carbons (Fsp3) is 0.364. The first kappa shape index (κ1) is 13.4. The highest BCUT2D eigenvalue weighted by Gasteiger charge is 2.46.